The van der Waals surface area contributed by atoms with Crippen LogP contribution in [0.3, 0.4) is 0 Å². The van der Waals surface area contributed by atoms with Crippen LogP contribution in [0.25, 0.3) is 0 Å². The van der Waals surface area contributed by atoms with Crippen molar-refractivity contribution >= 4 is 23.6 Å². The van der Waals surface area contributed by atoms with Gasteiger partial charge in [0.05, 0.1) is 6.54 Å². The summed E-state index contributed by atoms with van der Waals surface area (Å²) < 4.78 is 0. The van der Waals surface area contributed by atoms with Crippen LogP contribution in [-0.2, 0) is 19.2 Å². The molecule has 0 aromatic carbocycles. The van der Waals surface area contributed by atoms with Crippen LogP contribution in [0.4, 0.5) is 0 Å². The summed E-state index contributed by atoms with van der Waals surface area (Å²) in [4.78, 5) is 46.6. The van der Waals surface area contributed by atoms with Crippen LogP contribution in [0.1, 0.15) is 91.9 Å². The molecular formula is C22H42N4O4. The van der Waals surface area contributed by atoms with Crippen LogP contribution in [-0.4, -0.2) is 48.8 Å². The summed E-state index contributed by atoms with van der Waals surface area (Å²) in [5.41, 5.74) is 0. The van der Waals surface area contributed by atoms with Gasteiger partial charge in [0.2, 0.25) is 23.6 Å². The van der Waals surface area contributed by atoms with E-state index in [4.69, 9.17) is 0 Å². The lowest BCUT2D eigenvalue weighted by atomic mass is 10.1. The van der Waals surface area contributed by atoms with Crippen molar-refractivity contribution in [3.63, 3.8) is 0 Å². The van der Waals surface area contributed by atoms with Crippen molar-refractivity contribution in [2.24, 2.45) is 0 Å². The molecule has 174 valence electrons. The predicted octanol–water partition coefficient (Wildman–Crippen LogP) is 2.17. The maximum Gasteiger partial charge on any atom is 0.242 e. The Morgan fingerprint density at radius 2 is 1.13 bits per heavy atom. The molecule has 4 N–H and O–H groups in total. The van der Waals surface area contributed by atoms with Crippen molar-refractivity contribution in [1.82, 2.24) is 21.3 Å². The Bertz CT molecular complexity index is 525. The van der Waals surface area contributed by atoms with Gasteiger partial charge in [0.1, 0.15) is 12.1 Å². The summed E-state index contributed by atoms with van der Waals surface area (Å²) in [7, 11) is 0. The molecule has 0 aliphatic rings. The number of hydrogen-bond donors (Lipinski definition) is 4. The second-order valence-electron chi connectivity index (χ2n) is 7.90. The maximum absolute atomic E-state index is 12.0. The Morgan fingerprint density at radius 1 is 0.667 bits per heavy atom. The molecule has 8 heteroatoms. The fourth-order valence-electron chi connectivity index (χ4n) is 3.03. The van der Waals surface area contributed by atoms with Crippen molar-refractivity contribution < 1.29 is 19.2 Å². The van der Waals surface area contributed by atoms with E-state index in [2.05, 4.69) is 28.2 Å². The van der Waals surface area contributed by atoms with E-state index >= 15 is 0 Å². The molecule has 0 aliphatic heterocycles. The van der Waals surface area contributed by atoms with Gasteiger partial charge in [-0.05, 0) is 20.3 Å². The Morgan fingerprint density at radius 3 is 1.67 bits per heavy atom. The Hall–Kier alpha value is -2.12. The molecule has 0 aromatic rings. The zero-order valence-electron chi connectivity index (χ0n) is 19.3. The van der Waals surface area contributed by atoms with Crippen LogP contribution >= 0.6 is 0 Å². The summed E-state index contributed by atoms with van der Waals surface area (Å²) in [6.07, 6.45) is 12.4. The SMILES string of the molecule is CCCCCCCCCCCCNC(=O)[C@@H](C)NC(=O)CNC(=O)[C@H](C)NC(C)=O. The van der Waals surface area contributed by atoms with Gasteiger partial charge in [-0.25, -0.2) is 0 Å². The first-order valence-electron chi connectivity index (χ1n) is 11.4. The van der Waals surface area contributed by atoms with Gasteiger partial charge < -0.3 is 21.3 Å². The van der Waals surface area contributed by atoms with Crippen LogP contribution in [0.15, 0.2) is 0 Å². The second kappa shape index (κ2) is 17.7. The molecule has 0 heterocycles. The lowest BCUT2D eigenvalue weighted by Crippen LogP contribution is -2.50. The zero-order valence-corrected chi connectivity index (χ0v) is 19.3. The number of amides is 4. The molecule has 0 fully saturated rings. The Kier molecular flexibility index (Phi) is 16.5. The fraction of sp³-hybridized carbons (Fsp3) is 0.818. The molecule has 4 amide bonds. The smallest absolute Gasteiger partial charge is 0.242 e. The van der Waals surface area contributed by atoms with E-state index in [1.54, 1.807) is 6.92 Å². The minimum absolute atomic E-state index is 0.239. The number of hydrogen-bond acceptors (Lipinski definition) is 4. The zero-order chi connectivity index (χ0) is 22.8. The molecule has 0 spiro atoms. The molecule has 0 rings (SSSR count). The number of nitrogens with one attached hydrogen (secondary N) is 4. The minimum atomic E-state index is -0.725. The molecule has 0 saturated carbocycles. The van der Waals surface area contributed by atoms with Gasteiger partial charge >= 0.3 is 0 Å². The largest absolute Gasteiger partial charge is 0.354 e. The van der Waals surface area contributed by atoms with Crippen molar-refractivity contribution in [2.75, 3.05) is 13.1 Å². The molecule has 0 unspecified atom stereocenters. The van der Waals surface area contributed by atoms with Gasteiger partial charge in [-0.3, -0.25) is 19.2 Å². The highest BCUT2D eigenvalue weighted by atomic mass is 16.2. The number of carbonyl (C=O) groups is 4. The van der Waals surface area contributed by atoms with E-state index in [-0.39, 0.29) is 18.4 Å². The molecule has 8 nitrogen and oxygen atoms in total. The van der Waals surface area contributed by atoms with Crippen molar-refractivity contribution in [3.8, 4) is 0 Å². The average molecular weight is 427 g/mol. The summed E-state index contributed by atoms with van der Waals surface area (Å²) >= 11 is 0. The highest BCUT2D eigenvalue weighted by molar-refractivity contribution is 5.91. The monoisotopic (exact) mass is 426 g/mol. The summed E-state index contributed by atoms with van der Waals surface area (Å²) in [5, 5.41) is 10.2. The van der Waals surface area contributed by atoms with E-state index < -0.39 is 23.9 Å². The van der Waals surface area contributed by atoms with E-state index in [9.17, 15) is 19.2 Å². The van der Waals surface area contributed by atoms with E-state index in [1.165, 1.54) is 65.2 Å². The topological polar surface area (TPSA) is 116 Å². The first-order valence-corrected chi connectivity index (χ1v) is 11.4. The summed E-state index contributed by atoms with van der Waals surface area (Å²) in [6.45, 7) is 7.02. The lowest BCUT2D eigenvalue weighted by molar-refractivity contribution is -0.130. The highest BCUT2D eigenvalue weighted by Gasteiger charge is 2.17. The molecule has 0 radical (unpaired) electrons. The molecule has 0 aromatic heterocycles. The average Bonchev–Trinajstić information content (AvgIpc) is 2.69. The molecule has 0 bridgehead atoms. The Balaban J connectivity index is 3.75. The molecule has 0 saturated heterocycles. The van der Waals surface area contributed by atoms with Crippen molar-refractivity contribution in [1.29, 1.82) is 0 Å². The fourth-order valence-corrected chi connectivity index (χ4v) is 3.03. The van der Waals surface area contributed by atoms with Gasteiger partial charge in [-0.15, -0.1) is 0 Å². The third-order valence-corrected chi connectivity index (χ3v) is 4.84. The standard InChI is InChI=1S/C22H42N4O4/c1-5-6-7-8-9-10-11-12-13-14-15-23-21(29)18(3)26-20(28)16-24-22(30)17(2)25-19(4)27/h17-18H,5-16H2,1-4H3,(H,23,29)(H,24,30)(H,25,27)(H,26,28)/t17-,18+/m0/s1. The van der Waals surface area contributed by atoms with E-state index in [0.717, 1.165) is 12.8 Å². The van der Waals surface area contributed by atoms with Crippen molar-refractivity contribution in [2.45, 2.75) is 104 Å². The normalized spacial score (nSPS) is 12.5. The van der Waals surface area contributed by atoms with Crippen molar-refractivity contribution in [3.05, 3.63) is 0 Å². The first-order chi connectivity index (χ1) is 14.3. The minimum Gasteiger partial charge on any atom is -0.354 e. The molecule has 30 heavy (non-hydrogen) atoms. The van der Waals surface area contributed by atoms with Crippen LogP contribution < -0.4 is 21.3 Å². The quantitative estimate of drug-likeness (QED) is 0.267. The third kappa shape index (κ3) is 15.8. The molecule has 0 aliphatic carbocycles. The van der Waals surface area contributed by atoms with E-state index in [1.807, 2.05) is 0 Å². The molecule has 2 atom stereocenters. The predicted molar refractivity (Wildman–Crippen MR) is 119 cm³/mol. The maximum atomic E-state index is 12.0. The summed E-state index contributed by atoms with van der Waals surface area (Å²) in [5.74, 6) is -1.48. The van der Waals surface area contributed by atoms with Crippen LogP contribution in [0.5, 0.6) is 0 Å². The summed E-state index contributed by atoms with van der Waals surface area (Å²) in [6, 6.07) is -1.40. The number of carbonyl (C=O) groups excluding carboxylic acids is 4. The second-order valence-corrected chi connectivity index (χ2v) is 7.90. The van der Waals surface area contributed by atoms with Gasteiger partial charge in [0.15, 0.2) is 0 Å². The first kappa shape index (κ1) is 27.9. The number of unbranched alkanes of at least 4 members (excludes halogenated alkanes) is 9. The van der Waals surface area contributed by atoms with Gasteiger partial charge in [-0.2, -0.15) is 0 Å². The van der Waals surface area contributed by atoms with Crippen LogP contribution in [0.2, 0.25) is 0 Å². The van der Waals surface area contributed by atoms with Gasteiger partial charge in [-0.1, -0.05) is 64.7 Å². The van der Waals surface area contributed by atoms with Crippen LogP contribution in [0, 0.1) is 0 Å². The highest BCUT2D eigenvalue weighted by Crippen LogP contribution is 2.10. The lowest BCUT2D eigenvalue weighted by Gasteiger charge is -2.16. The Labute approximate surface area is 181 Å². The van der Waals surface area contributed by atoms with E-state index in [0.29, 0.717) is 6.54 Å². The molecular weight excluding hydrogens is 384 g/mol. The van der Waals surface area contributed by atoms with Gasteiger partial charge in [0, 0.05) is 13.5 Å². The third-order valence-electron chi connectivity index (χ3n) is 4.84. The van der Waals surface area contributed by atoms with Gasteiger partial charge in [0.25, 0.3) is 0 Å². The number of rotatable bonds is 17.